The van der Waals surface area contributed by atoms with Crippen LogP contribution in [0.1, 0.15) is 0 Å². The van der Waals surface area contributed by atoms with Gasteiger partial charge in [0.05, 0.1) is 19.8 Å². The summed E-state index contributed by atoms with van der Waals surface area (Å²) in [6, 6.07) is 0. The molecule has 0 aromatic rings. The molecule has 13 heavy (non-hydrogen) atoms. The number of aliphatic hydroxyl groups is 3. The van der Waals surface area contributed by atoms with Gasteiger partial charge in [0, 0.05) is 19.6 Å². The van der Waals surface area contributed by atoms with Crippen molar-refractivity contribution in [1.82, 2.24) is 4.90 Å². The van der Waals surface area contributed by atoms with Crippen LogP contribution >= 0.6 is 12.4 Å². The maximum atomic E-state index is 8.48. The summed E-state index contributed by atoms with van der Waals surface area (Å²) in [7, 11) is 1.50. The molecule has 0 spiro atoms. The smallest absolute Gasteiger partial charge is 0.0558 e. The molecule has 6 heteroatoms. The Bertz CT molecular complexity index is 64.5. The van der Waals surface area contributed by atoms with Crippen LogP contribution < -0.4 is 5.73 Å². The van der Waals surface area contributed by atoms with Crippen LogP contribution in [0.4, 0.5) is 0 Å². The molecule has 0 aliphatic rings. The SMILES string of the molecule is CN.Cl.OCCN(CCO)CCO. The number of nitrogens with zero attached hydrogens (tertiary/aromatic N) is 1. The molecule has 0 atom stereocenters. The average Bonchev–Trinajstić information content (AvgIpc) is 2.10. The van der Waals surface area contributed by atoms with Crippen molar-refractivity contribution in [3.05, 3.63) is 0 Å². The molecule has 0 saturated heterocycles. The largest absolute Gasteiger partial charge is 0.395 e. The first-order valence-electron chi connectivity index (χ1n) is 3.97. The summed E-state index contributed by atoms with van der Waals surface area (Å²) in [6.45, 7) is 1.75. The molecule has 0 rings (SSSR count). The number of halogens is 1. The van der Waals surface area contributed by atoms with Gasteiger partial charge in [0.25, 0.3) is 0 Å². The van der Waals surface area contributed by atoms with Gasteiger partial charge in [-0.05, 0) is 7.05 Å². The molecule has 0 aliphatic carbocycles. The fraction of sp³-hybridized carbons (Fsp3) is 1.00. The van der Waals surface area contributed by atoms with E-state index in [2.05, 4.69) is 5.73 Å². The van der Waals surface area contributed by atoms with Crippen molar-refractivity contribution in [2.45, 2.75) is 0 Å². The Morgan fingerprint density at radius 2 is 1.08 bits per heavy atom. The molecule has 0 fully saturated rings. The molecule has 84 valence electrons. The Labute approximate surface area is 85.6 Å². The molecule has 0 amide bonds. The predicted octanol–water partition coefficient (Wildman–Crippen LogP) is -1.74. The molecule has 0 aliphatic heterocycles. The third-order valence-corrected chi connectivity index (χ3v) is 1.25. The first-order valence-corrected chi connectivity index (χ1v) is 3.97. The van der Waals surface area contributed by atoms with Crippen molar-refractivity contribution in [2.75, 3.05) is 46.5 Å². The van der Waals surface area contributed by atoms with Crippen molar-refractivity contribution in [3.8, 4) is 0 Å². The van der Waals surface area contributed by atoms with E-state index in [1.807, 2.05) is 0 Å². The van der Waals surface area contributed by atoms with E-state index >= 15 is 0 Å². The highest BCUT2D eigenvalue weighted by Crippen LogP contribution is 1.84. The van der Waals surface area contributed by atoms with Crippen LogP contribution in [0.5, 0.6) is 0 Å². The van der Waals surface area contributed by atoms with E-state index in [9.17, 15) is 0 Å². The number of hydrogen-bond donors (Lipinski definition) is 4. The zero-order valence-electron chi connectivity index (χ0n) is 8.02. The van der Waals surface area contributed by atoms with Gasteiger partial charge in [-0.2, -0.15) is 0 Å². The third kappa shape index (κ3) is 14.9. The zero-order valence-corrected chi connectivity index (χ0v) is 8.83. The predicted molar refractivity (Wildman–Crippen MR) is 55.1 cm³/mol. The van der Waals surface area contributed by atoms with Gasteiger partial charge in [0.2, 0.25) is 0 Å². The zero-order chi connectivity index (χ0) is 9.82. The van der Waals surface area contributed by atoms with Crippen molar-refractivity contribution in [2.24, 2.45) is 5.73 Å². The van der Waals surface area contributed by atoms with E-state index in [0.29, 0.717) is 19.6 Å². The van der Waals surface area contributed by atoms with Crippen LogP contribution in [0.25, 0.3) is 0 Å². The topological polar surface area (TPSA) is 90.0 Å². The van der Waals surface area contributed by atoms with E-state index in [-0.39, 0.29) is 32.2 Å². The first kappa shape index (κ1) is 18.8. The van der Waals surface area contributed by atoms with E-state index in [1.165, 1.54) is 7.05 Å². The molecule has 0 aromatic heterocycles. The van der Waals surface area contributed by atoms with Crippen molar-refractivity contribution in [1.29, 1.82) is 0 Å². The highest BCUT2D eigenvalue weighted by Gasteiger charge is 2.00. The normalized spacial score (nSPS) is 8.77. The van der Waals surface area contributed by atoms with E-state index < -0.39 is 0 Å². The van der Waals surface area contributed by atoms with Crippen molar-refractivity contribution in [3.63, 3.8) is 0 Å². The fourth-order valence-corrected chi connectivity index (χ4v) is 0.760. The monoisotopic (exact) mass is 216 g/mol. The molecule has 0 bridgehead atoms. The summed E-state index contributed by atoms with van der Waals surface area (Å²) in [5.74, 6) is 0. The molecule has 5 nitrogen and oxygen atoms in total. The molecule has 0 radical (unpaired) electrons. The highest BCUT2D eigenvalue weighted by molar-refractivity contribution is 5.85. The summed E-state index contributed by atoms with van der Waals surface area (Å²) < 4.78 is 0. The van der Waals surface area contributed by atoms with Gasteiger partial charge in [-0.1, -0.05) is 0 Å². The Morgan fingerprint density at radius 1 is 0.846 bits per heavy atom. The lowest BCUT2D eigenvalue weighted by Gasteiger charge is -2.17. The van der Waals surface area contributed by atoms with Gasteiger partial charge < -0.3 is 21.1 Å². The summed E-state index contributed by atoms with van der Waals surface area (Å²) in [4.78, 5) is 1.79. The summed E-state index contributed by atoms with van der Waals surface area (Å²) in [5.41, 5.74) is 4.50. The van der Waals surface area contributed by atoms with Crippen LogP contribution in [0.15, 0.2) is 0 Å². The number of nitrogens with two attached hydrogens (primary N) is 1. The maximum Gasteiger partial charge on any atom is 0.0558 e. The Balaban J connectivity index is -0.000000309. The third-order valence-electron chi connectivity index (χ3n) is 1.25. The second-order valence-electron chi connectivity index (χ2n) is 2.01. The second-order valence-corrected chi connectivity index (χ2v) is 2.01. The van der Waals surface area contributed by atoms with Gasteiger partial charge in [-0.25, -0.2) is 0 Å². The Morgan fingerprint density at radius 3 is 1.23 bits per heavy atom. The van der Waals surface area contributed by atoms with Crippen LogP contribution in [-0.4, -0.2) is 66.7 Å². The van der Waals surface area contributed by atoms with Crippen molar-refractivity contribution < 1.29 is 15.3 Å². The number of aliphatic hydroxyl groups excluding tert-OH is 3. The van der Waals surface area contributed by atoms with E-state index in [0.717, 1.165) is 0 Å². The van der Waals surface area contributed by atoms with Crippen LogP contribution in [0.2, 0.25) is 0 Å². The lowest BCUT2D eigenvalue weighted by Crippen LogP contribution is -2.32. The molecule has 0 heterocycles. The lowest BCUT2D eigenvalue weighted by atomic mass is 10.4. The minimum atomic E-state index is 0. The lowest BCUT2D eigenvalue weighted by molar-refractivity contribution is 0.136. The minimum Gasteiger partial charge on any atom is -0.395 e. The second kappa shape index (κ2) is 18.0. The van der Waals surface area contributed by atoms with E-state index in [1.54, 1.807) is 4.90 Å². The summed E-state index contributed by atoms with van der Waals surface area (Å²) in [6.07, 6.45) is 0. The summed E-state index contributed by atoms with van der Waals surface area (Å²) >= 11 is 0. The molecular weight excluding hydrogens is 196 g/mol. The summed E-state index contributed by atoms with van der Waals surface area (Å²) in [5, 5.41) is 25.5. The van der Waals surface area contributed by atoms with Crippen LogP contribution in [-0.2, 0) is 0 Å². The van der Waals surface area contributed by atoms with Crippen LogP contribution in [0.3, 0.4) is 0 Å². The standard InChI is InChI=1S/C6H15NO3.CH5N.ClH/c8-4-1-7(2-5-9)3-6-10;1-2;/h8-10H,1-6H2;2H2,1H3;1H. The highest BCUT2D eigenvalue weighted by atomic mass is 35.5. The van der Waals surface area contributed by atoms with Gasteiger partial charge in [0.1, 0.15) is 0 Å². The first-order chi connectivity index (χ1) is 5.85. The van der Waals surface area contributed by atoms with Crippen molar-refractivity contribution >= 4 is 12.4 Å². The number of hydrogen-bond acceptors (Lipinski definition) is 5. The molecule has 0 unspecified atom stereocenters. The van der Waals surface area contributed by atoms with E-state index in [4.69, 9.17) is 15.3 Å². The molecule has 0 aromatic carbocycles. The minimum absolute atomic E-state index is 0. The molecular formula is C7H21ClN2O3. The maximum absolute atomic E-state index is 8.48. The van der Waals surface area contributed by atoms with Gasteiger partial charge in [-0.15, -0.1) is 12.4 Å². The van der Waals surface area contributed by atoms with Gasteiger partial charge >= 0.3 is 0 Å². The van der Waals surface area contributed by atoms with Gasteiger partial charge in [0.15, 0.2) is 0 Å². The Hall–Kier alpha value is 0.0900. The fourth-order valence-electron chi connectivity index (χ4n) is 0.760. The molecule has 0 saturated carbocycles. The average molecular weight is 217 g/mol. The van der Waals surface area contributed by atoms with Crippen LogP contribution in [0, 0.1) is 0 Å². The molecule has 5 N–H and O–H groups in total. The Kier molecular flexibility index (Phi) is 26.0. The quantitative estimate of drug-likeness (QED) is 0.424. The van der Waals surface area contributed by atoms with Gasteiger partial charge in [-0.3, -0.25) is 4.90 Å². The number of rotatable bonds is 6.